The smallest absolute Gasteiger partial charge is 0.319 e. The highest BCUT2D eigenvalue weighted by atomic mass is 19.1. The van der Waals surface area contributed by atoms with Gasteiger partial charge in [-0.25, -0.2) is 13.9 Å². The number of carbonyl (C=O) groups excluding carboxylic acids is 1. The number of hydrogen-bond donors (Lipinski definition) is 2. The van der Waals surface area contributed by atoms with Crippen molar-refractivity contribution in [2.45, 2.75) is 6.42 Å². The first-order valence-electron chi connectivity index (χ1n) is 10.0. The zero-order chi connectivity index (χ0) is 22.2. The van der Waals surface area contributed by atoms with Crippen molar-refractivity contribution in [2.75, 3.05) is 11.9 Å². The van der Waals surface area contributed by atoms with Crippen LogP contribution < -0.4 is 10.6 Å². The maximum Gasteiger partial charge on any atom is 0.319 e. The van der Waals surface area contributed by atoms with E-state index < -0.39 is 0 Å². The van der Waals surface area contributed by atoms with Crippen LogP contribution in [0.3, 0.4) is 0 Å². The fourth-order valence-electron chi connectivity index (χ4n) is 3.04. The van der Waals surface area contributed by atoms with Crippen molar-refractivity contribution >= 4 is 11.7 Å². The highest BCUT2D eigenvalue weighted by Crippen LogP contribution is 2.19. The Morgan fingerprint density at radius 1 is 1.03 bits per heavy atom. The van der Waals surface area contributed by atoms with Gasteiger partial charge in [-0.1, -0.05) is 17.9 Å². The van der Waals surface area contributed by atoms with Crippen molar-refractivity contribution < 1.29 is 9.18 Å². The van der Waals surface area contributed by atoms with E-state index >= 15 is 0 Å². The van der Waals surface area contributed by atoms with Crippen LogP contribution in [0.25, 0.3) is 5.69 Å². The summed E-state index contributed by atoms with van der Waals surface area (Å²) in [5.74, 6) is 5.82. The van der Waals surface area contributed by atoms with E-state index in [0.717, 1.165) is 11.3 Å². The molecule has 0 spiro atoms. The summed E-state index contributed by atoms with van der Waals surface area (Å²) in [5, 5.41) is 9.94. The molecule has 4 aromatic rings. The number of hydrogen-bond acceptors (Lipinski definition) is 3. The van der Waals surface area contributed by atoms with Crippen LogP contribution in [0.4, 0.5) is 14.9 Å². The van der Waals surface area contributed by atoms with Gasteiger partial charge in [-0.2, -0.15) is 5.10 Å². The van der Waals surface area contributed by atoms with Gasteiger partial charge < -0.3 is 10.6 Å². The summed E-state index contributed by atoms with van der Waals surface area (Å²) in [6.45, 7) is 0.486. The summed E-state index contributed by atoms with van der Waals surface area (Å²) in [4.78, 5) is 16.4. The minimum absolute atomic E-state index is 0.307. The Morgan fingerprint density at radius 3 is 2.66 bits per heavy atom. The summed E-state index contributed by atoms with van der Waals surface area (Å²) in [5.41, 5.74) is 3.78. The first-order valence-corrected chi connectivity index (χ1v) is 10.0. The third kappa shape index (κ3) is 5.58. The molecule has 0 aliphatic carbocycles. The SMILES string of the molecule is O=C(NCCc1cccnc1)Nc1ccc(-n2cccn2)c(C#Cc2ccc(F)cc2)c1. The minimum Gasteiger partial charge on any atom is -0.338 e. The van der Waals surface area contributed by atoms with Gasteiger partial charge in [0, 0.05) is 42.6 Å². The van der Waals surface area contributed by atoms with Gasteiger partial charge in [0.05, 0.1) is 11.3 Å². The van der Waals surface area contributed by atoms with E-state index in [1.54, 1.807) is 47.5 Å². The van der Waals surface area contributed by atoms with Gasteiger partial charge >= 0.3 is 6.03 Å². The fraction of sp³-hybridized carbons (Fsp3) is 0.0800. The van der Waals surface area contributed by atoms with Crippen molar-refractivity contribution in [3.63, 3.8) is 0 Å². The summed E-state index contributed by atoms with van der Waals surface area (Å²) < 4.78 is 14.9. The van der Waals surface area contributed by atoms with E-state index in [9.17, 15) is 9.18 Å². The highest BCUT2D eigenvalue weighted by Gasteiger charge is 2.07. The van der Waals surface area contributed by atoms with E-state index in [4.69, 9.17) is 0 Å². The second kappa shape index (κ2) is 10.0. The lowest BCUT2D eigenvalue weighted by atomic mass is 10.1. The van der Waals surface area contributed by atoms with Crippen molar-refractivity contribution in [3.8, 4) is 17.5 Å². The Balaban J connectivity index is 1.49. The van der Waals surface area contributed by atoms with E-state index in [1.807, 2.05) is 30.5 Å². The van der Waals surface area contributed by atoms with Crippen molar-refractivity contribution in [1.82, 2.24) is 20.1 Å². The van der Waals surface area contributed by atoms with Crippen LogP contribution in [0.15, 0.2) is 85.5 Å². The topological polar surface area (TPSA) is 71.8 Å². The number of aromatic nitrogens is 3. The van der Waals surface area contributed by atoms with E-state index in [-0.39, 0.29) is 11.8 Å². The molecule has 0 atom stereocenters. The Kier molecular flexibility index (Phi) is 6.54. The predicted octanol–water partition coefficient (Wildman–Crippen LogP) is 4.17. The Morgan fingerprint density at radius 2 is 1.91 bits per heavy atom. The fourth-order valence-corrected chi connectivity index (χ4v) is 3.04. The van der Waals surface area contributed by atoms with Gasteiger partial charge in [0.2, 0.25) is 0 Å². The van der Waals surface area contributed by atoms with E-state index in [1.165, 1.54) is 12.1 Å². The number of pyridine rings is 1. The zero-order valence-electron chi connectivity index (χ0n) is 17.1. The maximum atomic E-state index is 13.2. The Labute approximate surface area is 185 Å². The third-order valence-electron chi connectivity index (χ3n) is 4.61. The zero-order valence-corrected chi connectivity index (χ0v) is 17.1. The number of anilines is 1. The first kappa shape index (κ1) is 20.8. The molecule has 0 aliphatic heterocycles. The van der Waals surface area contributed by atoms with Crippen molar-refractivity contribution in [1.29, 1.82) is 0 Å². The Bertz CT molecular complexity index is 1240. The molecule has 0 saturated carbocycles. The normalized spacial score (nSPS) is 10.2. The third-order valence-corrected chi connectivity index (χ3v) is 4.61. The summed E-state index contributed by atoms with van der Waals surface area (Å²) in [7, 11) is 0. The van der Waals surface area contributed by atoms with Gasteiger partial charge in [-0.3, -0.25) is 4.98 Å². The van der Waals surface area contributed by atoms with E-state index in [2.05, 4.69) is 32.6 Å². The number of rotatable bonds is 5. The molecule has 2 aromatic heterocycles. The molecule has 6 nitrogen and oxygen atoms in total. The van der Waals surface area contributed by atoms with Crippen LogP contribution in [0.5, 0.6) is 0 Å². The van der Waals surface area contributed by atoms with Gasteiger partial charge in [-0.05, 0) is 66.6 Å². The monoisotopic (exact) mass is 425 g/mol. The second-order valence-electron chi connectivity index (χ2n) is 6.93. The molecule has 2 amide bonds. The molecule has 0 unspecified atom stereocenters. The average molecular weight is 425 g/mol. The van der Waals surface area contributed by atoms with Gasteiger partial charge in [0.25, 0.3) is 0 Å². The molecular weight excluding hydrogens is 405 g/mol. The molecular formula is C25H20FN5O. The second-order valence-corrected chi connectivity index (χ2v) is 6.93. The molecule has 32 heavy (non-hydrogen) atoms. The maximum absolute atomic E-state index is 13.2. The van der Waals surface area contributed by atoms with Crippen LogP contribution >= 0.6 is 0 Å². The largest absolute Gasteiger partial charge is 0.338 e. The quantitative estimate of drug-likeness (QED) is 0.472. The van der Waals surface area contributed by atoms with Crippen LogP contribution in [0.2, 0.25) is 0 Å². The average Bonchev–Trinajstić information content (AvgIpc) is 3.34. The molecule has 0 bridgehead atoms. The van der Waals surface area contributed by atoms with Crippen LogP contribution in [0, 0.1) is 17.7 Å². The number of benzene rings is 2. The molecule has 0 radical (unpaired) electrons. The lowest BCUT2D eigenvalue weighted by Gasteiger charge is -2.10. The molecule has 0 aliphatic rings. The van der Waals surface area contributed by atoms with Crippen molar-refractivity contribution in [2.24, 2.45) is 0 Å². The van der Waals surface area contributed by atoms with Crippen molar-refractivity contribution in [3.05, 3.63) is 108 Å². The lowest BCUT2D eigenvalue weighted by molar-refractivity contribution is 0.252. The number of nitrogens with zero attached hydrogens (tertiary/aromatic N) is 3. The number of amides is 2. The number of urea groups is 1. The number of carbonyl (C=O) groups is 1. The van der Waals surface area contributed by atoms with Gasteiger partial charge in [0.15, 0.2) is 0 Å². The number of nitrogens with one attached hydrogen (secondary N) is 2. The summed E-state index contributed by atoms with van der Waals surface area (Å²) >= 11 is 0. The molecule has 0 saturated heterocycles. The number of halogens is 1. The molecule has 2 aromatic carbocycles. The molecule has 2 heterocycles. The standard InChI is InChI=1S/C25H20FN5O/c26-22-8-5-19(6-9-22)4-7-21-17-23(10-11-24(21)31-16-2-14-29-31)30-25(32)28-15-12-20-3-1-13-27-18-20/h1-3,5-6,8-11,13-14,16-18H,12,15H2,(H2,28,30,32). The molecule has 7 heteroatoms. The summed E-state index contributed by atoms with van der Waals surface area (Å²) in [6.07, 6.45) is 7.68. The molecule has 0 fully saturated rings. The van der Waals surface area contributed by atoms with Crippen LogP contribution in [-0.4, -0.2) is 27.3 Å². The van der Waals surface area contributed by atoms with E-state index in [0.29, 0.717) is 29.8 Å². The first-order chi connectivity index (χ1) is 15.7. The van der Waals surface area contributed by atoms with Crippen LogP contribution in [0.1, 0.15) is 16.7 Å². The Hall–Kier alpha value is -4.44. The van der Waals surface area contributed by atoms with Gasteiger partial charge in [-0.15, -0.1) is 0 Å². The van der Waals surface area contributed by atoms with Gasteiger partial charge in [0.1, 0.15) is 5.82 Å². The summed E-state index contributed by atoms with van der Waals surface area (Å²) in [6, 6.07) is 16.7. The molecule has 4 rings (SSSR count). The lowest BCUT2D eigenvalue weighted by Crippen LogP contribution is -2.30. The minimum atomic E-state index is -0.312. The molecule has 158 valence electrons. The van der Waals surface area contributed by atoms with Crippen LogP contribution in [-0.2, 0) is 6.42 Å². The predicted molar refractivity (Wildman–Crippen MR) is 121 cm³/mol. The molecule has 2 N–H and O–H groups in total. The highest BCUT2D eigenvalue weighted by molar-refractivity contribution is 5.89.